The molecule has 10 heteroatoms. The van der Waals surface area contributed by atoms with E-state index in [4.69, 9.17) is 9.47 Å². The topological polar surface area (TPSA) is 125 Å². The van der Waals surface area contributed by atoms with E-state index in [9.17, 15) is 23.9 Å². The summed E-state index contributed by atoms with van der Waals surface area (Å²) in [6, 6.07) is -0.762. The summed E-state index contributed by atoms with van der Waals surface area (Å²) < 4.78 is 20.9. The van der Waals surface area contributed by atoms with Crippen LogP contribution < -0.4 is 5.32 Å². The summed E-state index contributed by atoms with van der Waals surface area (Å²) in [5.74, 6) is -0.621. The highest BCUT2D eigenvalue weighted by atomic mass is 31.2. The number of nitrogens with zero attached hydrogens (tertiary/aromatic N) is 1. The minimum Gasteiger partial charge on any atom is -0.342 e. The maximum atomic E-state index is 12.0. The van der Waals surface area contributed by atoms with Crippen molar-refractivity contribution in [3.05, 3.63) is 0 Å². The fraction of sp³-hybridized carbons (Fsp3) is 0.778. The number of urea groups is 1. The molecule has 0 radical (unpaired) electrons. The first-order chi connectivity index (χ1) is 8.50. The van der Waals surface area contributed by atoms with Gasteiger partial charge in [0.05, 0.1) is 6.54 Å². The monoisotopic (exact) mass is 296 g/mol. The van der Waals surface area contributed by atoms with Gasteiger partial charge in [-0.15, -0.1) is 0 Å². The van der Waals surface area contributed by atoms with Crippen LogP contribution >= 0.6 is 7.60 Å². The number of ether oxygens (including phenoxy) is 2. The molecule has 1 aliphatic rings. The quantitative estimate of drug-likeness (QED) is 0.353. The Morgan fingerprint density at radius 1 is 1.32 bits per heavy atom. The molecule has 3 N–H and O–H groups in total. The number of carbonyl (C=O) groups excluding carboxylic acids is 2. The SMILES string of the molecule is COC(CN1C(=O)NC(C)(C)C1=O)(OC)P(=O)(O)O. The number of hydrogen-bond donors (Lipinski definition) is 3. The number of hydrogen-bond acceptors (Lipinski definition) is 5. The number of rotatable bonds is 5. The first kappa shape index (κ1) is 16.1. The van der Waals surface area contributed by atoms with Crippen LogP contribution in [-0.4, -0.2) is 58.5 Å². The van der Waals surface area contributed by atoms with Crippen molar-refractivity contribution in [2.24, 2.45) is 0 Å². The molecule has 0 aromatic rings. The van der Waals surface area contributed by atoms with Gasteiger partial charge in [-0.3, -0.25) is 14.3 Å². The molecule has 1 rings (SSSR count). The Morgan fingerprint density at radius 2 is 1.79 bits per heavy atom. The lowest BCUT2D eigenvalue weighted by molar-refractivity contribution is -0.167. The van der Waals surface area contributed by atoms with E-state index in [0.29, 0.717) is 4.90 Å². The van der Waals surface area contributed by atoms with Crippen LogP contribution in [0.1, 0.15) is 13.8 Å². The summed E-state index contributed by atoms with van der Waals surface area (Å²) in [7, 11) is -2.83. The summed E-state index contributed by atoms with van der Waals surface area (Å²) in [5, 5.41) is 2.39. The lowest BCUT2D eigenvalue weighted by Crippen LogP contribution is -2.49. The number of methoxy groups -OCH3 is 2. The van der Waals surface area contributed by atoms with Crippen molar-refractivity contribution in [1.82, 2.24) is 10.2 Å². The van der Waals surface area contributed by atoms with Gasteiger partial charge in [0.1, 0.15) is 5.54 Å². The molecule has 0 spiro atoms. The molecule has 0 bridgehead atoms. The summed E-state index contributed by atoms with van der Waals surface area (Å²) in [6.45, 7) is 2.25. The Kier molecular flexibility index (Phi) is 4.09. The fourth-order valence-electron chi connectivity index (χ4n) is 1.70. The number of nitrogens with one attached hydrogen (secondary N) is 1. The van der Waals surface area contributed by atoms with E-state index in [1.165, 1.54) is 13.8 Å². The third kappa shape index (κ3) is 2.65. The summed E-state index contributed by atoms with van der Waals surface area (Å²) in [6.07, 6.45) is 0. The van der Waals surface area contributed by atoms with Crippen molar-refractivity contribution in [2.45, 2.75) is 24.9 Å². The molecular formula is C9H17N2O7P. The lowest BCUT2D eigenvalue weighted by atomic mass is 10.1. The molecule has 110 valence electrons. The predicted molar refractivity (Wildman–Crippen MR) is 63.1 cm³/mol. The van der Waals surface area contributed by atoms with Gasteiger partial charge >= 0.3 is 13.6 Å². The Balaban J connectivity index is 3.09. The van der Waals surface area contributed by atoms with Gasteiger partial charge < -0.3 is 24.6 Å². The van der Waals surface area contributed by atoms with Crippen molar-refractivity contribution in [1.29, 1.82) is 0 Å². The first-order valence-corrected chi connectivity index (χ1v) is 6.92. The molecule has 0 unspecified atom stereocenters. The van der Waals surface area contributed by atoms with Crippen LogP contribution in [-0.2, 0) is 18.8 Å². The Hall–Kier alpha value is -0.990. The van der Waals surface area contributed by atoms with Crippen molar-refractivity contribution in [3.63, 3.8) is 0 Å². The molecule has 19 heavy (non-hydrogen) atoms. The molecule has 0 saturated carbocycles. The van der Waals surface area contributed by atoms with Gasteiger partial charge in [0.2, 0.25) is 0 Å². The molecule has 3 amide bonds. The Bertz CT molecular complexity index is 440. The van der Waals surface area contributed by atoms with Crippen LogP contribution in [0.4, 0.5) is 4.79 Å². The minimum absolute atomic E-state index is 0.621. The largest absolute Gasteiger partial charge is 0.386 e. The average Bonchev–Trinajstić information content (AvgIpc) is 2.45. The molecule has 1 heterocycles. The zero-order valence-electron chi connectivity index (χ0n) is 11.0. The van der Waals surface area contributed by atoms with E-state index in [0.717, 1.165) is 14.2 Å². The summed E-state index contributed by atoms with van der Waals surface area (Å²) in [5.41, 5.74) is -3.51. The van der Waals surface area contributed by atoms with Crippen molar-refractivity contribution < 1.29 is 33.4 Å². The number of carbonyl (C=O) groups is 2. The molecule has 1 aliphatic heterocycles. The van der Waals surface area contributed by atoms with Crippen LogP contribution in [0.25, 0.3) is 0 Å². The lowest BCUT2D eigenvalue weighted by Gasteiger charge is -2.33. The summed E-state index contributed by atoms with van der Waals surface area (Å²) >= 11 is 0. The van der Waals surface area contributed by atoms with Gasteiger partial charge in [0, 0.05) is 14.2 Å². The van der Waals surface area contributed by atoms with E-state index in [1.807, 2.05) is 0 Å². The zero-order valence-corrected chi connectivity index (χ0v) is 11.9. The highest BCUT2D eigenvalue weighted by molar-refractivity contribution is 7.53. The van der Waals surface area contributed by atoms with Gasteiger partial charge in [-0.25, -0.2) is 4.79 Å². The van der Waals surface area contributed by atoms with E-state index >= 15 is 0 Å². The number of imide groups is 1. The van der Waals surface area contributed by atoms with Gasteiger partial charge in [0.15, 0.2) is 0 Å². The van der Waals surface area contributed by atoms with Crippen LogP contribution in [0, 0.1) is 0 Å². The first-order valence-electron chi connectivity index (χ1n) is 5.31. The van der Waals surface area contributed by atoms with Gasteiger partial charge in [-0.1, -0.05) is 0 Å². The van der Waals surface area contributed by atoms with Gasteiger partial charge in [0.25, 0.3) is 11.4 Å². The van der Waals surface area contributed by atoms with Gasteiger partial charge in [-0.2, -0.15) is 0 Å². The second kappa shape index (κ2) is 4.84. The molecule has 1 saturated heterocycles. The second-order valence-corrected chi connectivity index (χ2v) is 6.38. The maximum absolute atomic E-state index is 12.0. The van der Waals surface area contributed by atoms with Crippen LogP contribution in [0.15, 0.2) is 0 Å². The van der Waals surface area contributed by atoms with Gasteiger partial charge in [-0.05, 0) is 13.8 Å². The van der Waals surface area contributed by atoms with Crippen LogP contribution in [0.3, 0.4) is 0 Å². The third-order valence-electron chi connectivity index (χ3n) is 2.88. The summed E-state index contributed by atoms with van der Waals surface area (Å²) in [4.78, 5) is 42.8. The normalized spacial score (nSPS) is 19.8. The second-order valence-electron chi connectivity index (χ2n) is 4.61. The smallest absolute Gasteiger partial charge is 0.342 e. The molecule has 0 aromatic carbocycles. The minimum atomic E-state index is -4.87. The molecule has 9 nitrogen and oxygen atoms in total. The van der Waals surface area contributed by atoms with Crippen molar-refractivity contribution >= 4 is 19.5 Å². The van der Waals surface area contributed by atoms with E-state index in [2.05, 4.69) is 5.32 Å². The standard InChI is InChI=1S/C9H17N2O7P/c1-8(2)6(12)11(7(13)10-8)5-9(17-3,18-4)19(14,15)16/h5H2,1-4H3,(H,10,13)(H2,14,15,16). The maximum Gasteiger partial charge on any atom is 0.386 e. The molecule has 0 aromatic heterocycles. The highest BCUT2D eigenvalue weighted by Crippen LogP contribution is 2.52. The van der Waals surface area contributed by atoms with Crippen LogP contribution in [0.2, 0.25) is 0 Å². The van der Waals surface area contributed by atoms with Crippen LogP contribution in [0.5, 0.6) is 0 Å². The Morgan fingerprint density at radius 3 is 2.05 bits per heavy atom. The molecule has 0 aliphatic carbocycles. The Labute approximate surface area is 110 Å². The fourth-order valence-corrected chi connectivity index (χ4v) is 2.51. The number of amides is 3. The third-order valence-corrected chi connectivity index (χ3v) is 4.28. The molecular weight excluding hydrogens is 279 g/mol. The van der Waals surface area contributed by atoms with E-state index < -0.39 is 37.1 Å². The molecule has 1 fully saturated rings. The van der Waals surface area contributed by atoms with E-state index in [-0.39, 0.29) is 0 Å². The van der Waals surface area contributed by atoms with E-state index in [1.54, 1.807) is 0 Å². The predicted octanol–water partition coefficient (Wildman–Crippen LogP) is -0.559. The average molecular weight is 296 g/mol. The highest BCUT2D eigenvalue weighted by Gasteiger charge is 2.55. The molecule has 0 atom stereocenters. The van der Waals surface area contributed by atoms with Crippen molar-refractivity contribution in [3.8, 4) is 0 Å². The zero-order chi connectivity index (χ0) is 15.1. The van der Waals surface area contributed by atoms with Crippen molar-refractivity contribution in [2.75, 3.05) is 20.8 Å².